The van der Waals surface area contributed by atoms with E-state index in [0.29, 0.717) is 0 Å². The highest BCUT2D eigenvalue weighted by Gasteiger charge is 2.22. The van der Waals surface area contributed by atoms with Crippen LogP contribution in [0.3, 0.4) is 0 Å². The molecule has 0 aromatic heterocycles. The predicted molar refractivity (Wildman–Crippen MR) is 58.9 cm³/mol. The fourth-order valence-electron chi connectivity index (χ4n) is 1.58. The molecule has 1 aliphatic rings. The Kier molecular flexibility index (Phi) is 3.02. The molecule has 1 fully saturated rings. The van der Waals surface area contributed by atoms with Crippen molar-refractivity contribution in [3.8, 4) is 0 Å². The third-order valence-corrected chi connectivity index (χ3v) is 2.52. The zero-order valence-corrected chi connectivity index (χ0v) is 8.82. The Labute approximate surface area is 89.4 Å². The Balaban J connectivity index is 1.94. The van der Waals surface area contributed by atoms with Crippen molar-refractivity contribution >= 4 is 11.6 Å². The maximum Gasteiger partial charge on any atom is 0.250 e. The molecule has 1 saturated carbocycles. The molecule has 3 nitrogen and oxygen atoms in total. The molecule has 0 radical (unpaired) electrons. The van der Waals surface area contributed by atoms with Crippen molar-refractivity contribution in [1.82, 2.24) is 0 Å². The minimum Gasteiger partial charge on any atom is -0.375 e. The van der Waals surface area contributed by atoms with Gasteiger partial charge in [-0.05, 0) is 36.5 Å². The third-order valence-electron chi connectivity index (χ3n) is 2.52. The number of carbonyl (C=O) groups excluding carboxylic acids is 1. The standard InChI is InChI=1S/C12H15NO2/c1-15-8-12(14)13-11-6-4-10(5-7-11)9-2-3-9/h4-7,9H,2-3,8H2,1H3,(H,13,14). The highest BCUT2D eigenvalue weighted by molar-refractivity contribution is 5.91. The number of anilines is 1. The molecule has 0 saturated heterocycles. The molecule has 1 amide bonds. The molecule has 1 aliphatic carbocycles. The van der Waals surface area contributed by atoms with Gasteiger partial charge in [0.25, 0.3) is 0 Å². The van der Waals surface area contributed by atoms with Gasteiger partial charge in [0.1, 0.15) is 6.61 Å². The van der Waals surface area contributed by atoms with E-state index in [4.69, 9.17) is 4.74 Å². The molecule has 0 atom stereocenters. The van der Waals surface area contributed by atoms with E-state index in [1.54, 1.807) is 0 Å². The van der Waals surface area contributed by atoms with Crippen LogP contribution in [0.5, 0.6) is 0 Å². The van der Waals surface area contributed by atoms with Gasteiger partial charge in [0.05, 0.1) is 0 Å². The maximum atomic E-state index is 11.2. The van der Waals surface area contributed by atoms with Crippen LogP contribution in [0, 0.1) is 0 Å². The van der Waals surface area contributed by atoms with Gasteiger partial charge in [-0.2, -0.15) is 0 Å². The monoisotopic (exact) mass is 205 g/mol. The van der Waals surface area contributed by atoms with Gasteiger partial charge in [0.2, 0.25) is 5.91 Å². The molecule has 0 heterocycles. The highest BCUT2D eigenvalue weighted by atomic mass is 16.5. The molecule has 80 valence electrons. The van der Waals surface area contributed by atoms with Crippen LogP contribution in [0.2, 0.25) is 0 Å². The largest absolute Gasteiger partial charge is 0.375 e. The summed E-state index contributed by atoms with van der Waals surface area (Å²) in [6.45, 7) is 0.102. The van der Waals surface area contributed by atoms with E-state index in [9.17, 15) is 4.79 Å². The quantitative estimate of drug-likeness (QED) is 0.817. The van der Waals surface area contributed by atoms with E-state index in [-0.39, 0.29) is 12.5 Å². The van der Waals surface area contributed by atoms with Crippen molar-refractivity contribution < 1.29 is 9.53 Å². The number of amides is 1. The first-order valence-electron chi connectivity index (χ1n) is 5.18. The molecular weight excluding hydrogens is 190 g/mol. The van der Waals surface area contributed by atoms with Crippen LogP contribution < -0.4 is 5.32 Å². The molecule has 0 aliphatic heterocycles. The van der Waals surface area contributed by atoms with Crippen LogP contribution in [0.4, 0.5) is 5.69 Å². The normalized spacial score (nSPS) is 15.0. The summed E-state index contributed by atoms with van der Waals surface area (Å²) in [6, 6.07) is 8.06. The first kappa shape index (κ1) is 10.2. The van der Waals surface area contributed by atoms with Crippen molar-refractivity contribution in [2.75, 3.05) is 19.0 Å². The molecule has 1 aromatic rings. The zero-order valence-electron chi connectivity index (χ0n) is 8.82. The number of methoxy groups -OCH3 is 1. The molecule has 2 rings (SSSR count). The van der Waals surface area contributed by atoms with Crippen molar-refractivity contribution in [3.05, 3.63) is 29.8 Å². The van der Waals surface area contributed by atoms with Crippen LogP contribution in [-0.4, -0.2) is 19.6 Å². The number of nitrogens with one attached hydrogen (secondary N) is 1. The number of ether oxygens (including phenoxy) is 1. The molecule has 0 spiro atoms. The zero-order chi connectivity index (χ0) is 10.7. The van der Waals surface area contributed by atoms with Crippen LogP contribution >= 0.6 is 0 Å². The number of carbonyl (C=O) groups is 1. The van der Waals surface area contributed by atoms with E-state index in [1.165, 1.54) is 25.5 Å². The average Bonchev–Trinajstić information content (AvgIpc) is 3.03. The SMILES string of the molecule is COCC(=O)Nc1ccc(C2CC2)cc1. The van der Waals surface area contributed by atoms with Gasteiger partial charge < -0.3 is 10.1 Å². The topological polar surface area (TPSA) is 38.3 Å². The summed E-state index contributed by atoms with van der Waals surface area (Å²) >= 11 is 0. The van der Waals surface area contributed by atoms with Crippen molar-refractivity contribution in [2.24, 2.45) is 0 Å². The van der Waals surface area contributed by atoms with Gasteiger partial charge in [-0.1, -0.05) is 12.1 Å². The first-order valence-corrected chi connectivity index (χ1v) is 5.18. The summed E-state index contributed by atoms with van der Waals surface area (Å²) in [4.78, 5) is 11.2. The molecule has 1 aromatic carbocycles. The molecule has 1 N–H and O–H groups in total. The van der Waals surface area contributed by atoms with E-state index in [0.717, 1.165) is 11.6 Å². The fourth-order valence-corrected chi connectivity index (χ4v) is 1.58. The van der Waals surface area contributed by atoms with Gasteiger partial charge in [-0.25, -0.2) is 0 Å². The van der Waals surface area contributed by atoms with Gasteiger partial charge in [-0.3, -0.25) is 4.79 Å². The van der Waals surface area contributed by atoms with Crippen molar-refractivity contribution in [1.29, 1.82) is 0 Å². The van der Waals surface area contributed by atoms with Gasteiger partial charge in [0.15, 0.2) is 0 Å². The van der Waals surface area contributed by atoms with E-state index < -0.39 is 0 Å². The summed E-state index contributed by atoms with van der Waals surface area (Å²) in [5, 5.41) is 2.77. The second-order valence-electron chi connectivity index (χ2n) is 3.88. The molecule has 0 bridgehead atoms. The predicted octanol–water partition coefficient (Wildman–Crippen LogP) is 2.15. The van der Waals surface area contributed by atoms with Crippen molar-refractivity contribution in [3.63, 3.8) is 0 Å². The lowest BCUT2D eigenvalue weighted by molar-refractivity contribution is -0.119. The van der Waals surface area contributed by atoms with E-state index in [2.05, 4.69) is 17.4 Å². The average molecular weight is 205 g/mol. The molecule has 15 heavy (non-hydrogen) atoms. The third kappa shape index (κ3) is 2.80. The Morgan fingerprint density at radius 2 is 2.07 bits per heavy atom. The van der Waals surface area contributed by atoms with Gasteiger partial charge in [0, 0.05) is 12.8 Å². The fraction of sp³-hybridized carbons (Fsp3) is 0.417. The van der Waals surface area contributed by atoms with Crippen LogP contribution in [0.25, 0.3) is 0 Å². The lowest BCUT2D eigenvalue weighted by Gasteiger charge is -2.05. The second kappa shape index (κ2) is 4.45. The number of benzene rings is 1. The first-order chi connectivity index (χ1) is 7.29. The van der Waals surface area contributed by atoms with E-state index >= 15 is 0 Å². The van der Waals surface area contributed by atoms with Crippen molar-refractivity contribution in [2.45, 2.75) is 18.8 Å². The highest BCUT2D eigenvalue weighted by Crippen LogP contribution is 2.40. The smallest absolute Gasteiger partial charge is 0.250 e. The minimum absolute atomic E-state index is 0.102. The Hall–Kier alpha value is -1.35. The Bertz CT molecular complexity index is 341. The van der Waals surface area contributed by atoms with Crippen LogP contribution in [0.1, 0.15) is 24.3 Å². The summed E-state index contributed by atoms with van der Waals surface area (Å²) in [5.41, 5.74) is 2.21. The molecule has 3 heteroatoms. The lowest BCUT2D eigenvalue weighted by Crippen LogP contribution is -2.16. The summed E-state index contributed by atoms with van der Waals surface area (Å²) in [5.74, 6) is 0.644. The molecular formula is C12H15NO2. The number of rotatable bonds is 4. The summed E-state index contributed by atoms with van der Waals surface area (Å²) in [7, 11) is 1.51. The Morgan fingerprint density at radius 3 is 2.60 bits per heavy atom. The minimum atomic E-state index is -0.114. The molecule has 0 unspecified atom stereocenters. The van der Waals surface area contributed by atoms with Gasteiger partial charge >= 0.3 is 0 Å². The van der Waals surface area contributed by atoms with E-state index in [1.807, 2.05) is 12.1 Å². The second-order valence-corrected chi connectivity index (χ2v) is 3.88. The van der Waals surface area contributed by atoms with Crippen LogP contribution in [-0.2, 0) is 9.53 Å². The number of hydrogen-bond acceptors (Lipinski definition) is 2. The number of hydrogen-bond donors (Lipinski definition) is 1. The lowest BCUT2D eigenvalue weighted by atomic mass is 10.1. The van der Waals surface area contributed by atoms with Crippen LogP contribution in [0.15, 0.2) is 24.3 Å². The van der Waals surface area contributed by atoms with Gasteiger partial charge in [-0.15, -0.1) is 0 Å². The maximum absolute atomic E-state index is 11.2. The summed E-state index contributed by atoms with van der Waals surface area (Å²) < 4.78 is 4.74. The summed E-state index contributed by atoms with van der Waals surface area (Å²) in [6.07, 6.45) is 2.60. The Morgan fingerprint density at radius 1 is 1.40 bits per heavy atom.